The van der Waals surface area contributed by atoms with Gasteiger partial charge in [0.05, 0.1) is 31.0 Å². The summed E-state index contributed by atoms with van der Waals surface area (Å²) in [5, 5.41) is 0. The topological polar surface area (TPSA) is 55.8 Å². The zero-order chi connectivity index (χ0) is 15.9. The molecule has 1 aliphatic rings. The lowest BCUT2D eigenvalue weighted by atomic mass is 10.1. The molecule has 2 aromatic carbocycles. The molecular weight excluding hydrogens is 350 g/mol. The van der Waals surface area contributed by atoms with E-state index in [9.17, 15) is 9.59 Å². The van der Waals surface area contributed by atoms with Gasteiger partial charge < -0.3 is 9.47 Å². The Morgan fingerprint density at radius 1 is 0.955 bits per heavy atom. The predicted molar refractivity (Wildman–Crippen MR) is 84.8 cm³/mol. The minimum atomic E-state index is -0.428. The number of nitrogens with zero attached hydrogens (tertiary/aromatic N) is 1. The second-order valence-electron chi connectivity index (χ2n) is 4.62. The molecule has 0 unspecified atom stereocenters. The predicted octanol–water partition coefficient (Wildman–Crippen LogP) is 3.27. The number of hydrogen-bond acceptors (Lipinski definition) is 4. The first-order valence-corrected chi connectivity index (χ1v) is 7.27. The van der Waals surface area contributed by atoms with Crippen molar-refractivity contribution < 1.29 is 19.1 Å². The minimum Gasteiger partial charge on any atom is -0.493 e. The number of carbonyl (C=O) groups is 2. The smallest absolute Gasteiger partial charge is 0.270 e. The maximum absolute atomic E-state index is 12.8. The van der Waals surface area contributed by atoms with E-state index >= 15 is 0 Å². The Bertz CT molecular complexity index is 788. The number of rotatable bonds is 3. The summed E-state index contributed by atoms with van der Waals surface area (Å²) in [6, 6.07) is 10.3. The second kappa shape index (κ2) is 5.46. The third-order valence-electron chi connectivity index (χ3n) is 3.49. The number of benzene rings is 2. The van der Waals surface area contributed by atoms with Gasteiger partial charge >= 0.3 is 0 Å². The van der Waals surface area contributed by atoms with Crippen molar-refractivity contribution in [1.29, 1.82) is 0 Å². The normalized spacial score (nSPS) is 13.3. The number of fused-ring (bicyclic) bond motifs is 1. The van der Waals surface area contributed by atoms with Crippen LogP contribution in [0, 0.1) is 0 Å². The fourth-order valence-corrected chi connectivity index (χ4v) is 2.96. The molecule has 0 N–H and O–H groups in total. The molecule has 22 heavy (non-hydrogen) atoms. The van der Waals surface area contributed by atoms with Crippen LogP contribution < -0.4 is 14.4 Å². The van der Waals surface area contributed by atoms with Gasteiger partial charge in [-0.2, -0.15) is 0 Å². The van der Waals surface area contributed by atoms with Crippen LogP contribution in [0.25, 0.3) is 0 Å². The number of carbonyl (C=O) groups excluding carboxylic acids is 2. The first-order chi connectivity index (χ1) is 10.6. The first-order valence-electron chi connectivity index (χ1n) is 6.48. The van der Waals surface area contributed by atoms with Gasteiger partial charge in [-0.1, -0.05) is 12.1 Å². The molecule has 6 heteroatoms. The van der Waals surface area contributed by atoms with Crippen molar-refractivity contribution in [2.75, 3.05) is 19.1 Å². The van der Waals surface area contributed by atoms with Crippen molar-refractivity contribution >= 4 is 33.4 Å². The summed E-state index contributed by atoms with van der Waals surface area (Å²) in [6.45, 7) is 0. The summed E-state index contributed by atoms with van der Waals surface area (Å²) in [5.74, 6) is -0.125. The highest BCUT2D eigenvalue weighted by molar-refractivity contribution is 9.10. The number of para-hydroxylation sites is 1. The monoisotopic (exact) mass is 361 g/mol. The van der Waals surface area contributed by atoms with Crippen LogP contribution in [-0.2, 0) is 0 Å². The lowest BCUT2D eigenvalue weighted by Gasteiger charge is -2.15. The van der Waals surface area contributed by atoms with E-state index in [1.807, 2.05) is 6.07 Å². The Kier molecular flexibility index (Phi) is 3.62. The van der Waals surface area contributed by atoms with Gasteiger partial charge in [0.1, 0.15) is 0 Å². The first kappa shape index (κ1) is 14.6. The number of amides is 2. The number of anilines is 1. The third-order valence-corrected chi connectivity index (χ3v) is 4.16. The highest BCUT2D eigenvalue weighted by Crippen LogP contribution is 2.41. The van der Waals surface area contributed by atoms with Crippen LogP contribution in [0.3, 0.4) is 0 Å². The van der Waals surface area contributed by atoms with E-state index < -0.39 is 5.91 Å². The summed E-state index contributed by atoms with van der Waals surface area (Å²) in [7, 11) is 2.92. The molecule has 3 rings (SSSR count). The van der Waals surface area contributed by atoms with Crippen molar-refractivity contribution in [1.82, 2.24) is 0 Å². The van der Waals surface area contributed by atoms with Crippen LogP contribution in [0.5, 0.6) is 11.5 Å². The van der Waals surface area contributed by atoms with Crippen molar-refractivity contribution in [2.24, 2.45) is 0 Å². The van der Waals surface area contributed by atoms with Gasteiger partial charge in [-0.15, -0.1) is 0 Å². The zero-order valence-electron chi connectivity index (χ0n) is 11.9. The summed E-state index contributed by atoms with van der Waals surface area (Å²) >= 11 is 3.37. The van der Waals surface area contributed by atoms with E-state index in [0.717, 1.165) is 4.90 Å². The van der Waals surface area contributed by atoms with Crippen molar-refractivity contribution in [3.8, 4) is 11.5 Å². The molecule has 0 aliphatic carbocycles. The Hall–Kier alpha value is -2.34. The number of hydrogen-bond donors (Lipinski definition) is 0. The van der Waals surface area contributed by atoms with Gasteiger partial charge in [-0.05, 0) is 40.2 Å². The summed E-state index contributed by atoms with van der Waals surface area (Å²) in [4.78, 5) is 26.5. The SMILES string of the molecule is COc1ccc2c(c1OC)C(=O)N(c1ccccc1Br)C2=O. The van der Waals surface area contributed by atoms with Crippen molar-refractivity contribution in [3.05, 3.63) is 52.0 Å². The van der Waals surface area contributed by atoms with Crippen LogP contribution in [-0.4, -0.2) is 26.0 Å². The average Bonchev–Trinajstić information content (AvgIpc) is 2.78. The maximum atomic E-state index is 12.8. The molecule has 0 atom stereocenters. The Labute approximate surface area is 135 Å². The Morgan fingerprint density at radius 2 is 1.68 bits per heavy atom. The van der Waals surface area contributed by atoms with E-state index in [2.05, 4.69) is 15.9 Å². The Morgan fingerprint density at radius 3 is 2.32 bits per heavy atom. The fraction of sp³-hybridized carbons (Fsp3) is 0.125. The van der Waals surface area contributed by atoms with Gasteiger partial charge in [0.2, 0.25) is 0 Å². The van der Waals surface area contributed by atoms with Crippen LogP contribution in [0.2, 0.25) is 0 Å². The van der Waals surface area contributed by atoms with Crippen LogP contribution in [0.4, 0.5) is 5.69 Å². The zero-order valence-corrected chi connectivity index (χ0v) is 13.5. The minimum absolute atomic E-state index is 0.225. The van der Waals surface area contributed by atoms with Gasteiger partial charge in [0, 0.05) is 4.47 Å². The summed E-state index contributed by atoms with van der Waals surface area (Å²) in [6.07, 6.45) is 0. The largest absolute Gasteiger partial charge is 0.493 e. The van der Waals surface area contributed by atoms with E-state index in [4.69, 9.17) is 9.47 Å². The number of methoxy groups -OCH3 is 2. The maximum Gasteiger partial charge on any atom is 0.270 e. The van der Waals surface area contributed by atoms with E-state index in [-0.39, 0.29) is 17.2 Å². The summed E-state index contributed by atoms with van der Waals surface area (Å²) in [5.41, 5.74) is 1.02. The average molecular weight is 362 g/mol. The van der Waals surface area contributed by atoms with E-state index in [0.29, 0.717) is 21.5 Å². The summed E-state index contributed by atoms with van der Waals surface area (Å²) < 4.78 is 11.1. The standard InChI is InChI=1S/C16H12BrNO4/c1-21-12-8-7-9-13(14(12)22-2)16(20)18(15(9)19)11-6-4-3-5-10(11)17/h3-8H,1-2H3. The van der Waals surface area contributed by atoms with Crippen LogP contribution in [0.1, 0.15) is 20.7 Å². The lowest BCUT2D eigenvalue weighted by molar-refractivity contribution is 0.0925. The van der Waals surface area contributed by atoms with E-state index in [1.54, 1.807) is 30.3 Å². The molecule has 5 nitrogen and oxygen atoms in total. The van der Waals surface area contributed by atoms with E-state index in [1.165, 1.54) is 14.2 Å². The molecule has 0 saturated carbocycles. The molecule has 0 bridgehead atoms. The molecule has 0 aromatic heterocycles. The molecule has 1 heterocycles. The molecular formula is C16H12BrNO4. The van der Waals surface area contributed by atoms with Crippen molar-refractivity contribution in [2.45, 2.75) is 0 Å². The molecule has 2 aromatic rings. The quantitative estimate of drug-likeness (QED) is 0.787. The van der Waals surface area contributed by atoms with Gasteiger partial charge in [-0.3, -0.25) is 9.59 Å². The highest BCUT2D eigenvalue weighted by Gasteiger charge is 2.41. The number of ether oxygens (including phenoxy) is 2. The van der Waals surface area contributed by atoms with Crippen LogP contribution in [0.15, 0.2) is 40.9 Å². The lowest BCUT2D eigenvalue weighted by Crippen LogP contribution is -2.29. The van der Waals surface area contributed by atoms with Gasteiger partial charge in [0.25, 0.3) is 11.8 Å². The third kappa shape index (κ3) is 1.99. The van der Waals surface area contributed by atoms with Crippen molar-refractivity contribution in [3.63, 3.8) is 0 Å². The molecule has 0 fully saturated rings. The second-order valence-corrected chi connectivity index (χ2v) is 5.48. The van der Waals surface area contributed by atoms with Gasteiger partial charge in [-0.25, -0.2) is 4.90 Å². The molecule has 1 aliphatic heterocycles. The molecule has 0 radical (unpaired) electrons. The Balaban J connectivity index is 2.19. The molecule has 0 saturated heterocycles. The molecule has 2 amide bonds. The fourth-order valence-electron chi connectivity index (χ4n) is 2.49. The molecule has 0 spiro atoms. The number of imide groups is 1. The van der Waals surface area contributed by atoms with Gasteiger partial charge in [0.15, 0.2) is 11.5 Å². The molecule has 112 valence electrons. The highest BCUT2D eigenvalue weighted by atomic mass is 79.9. The number of halogens is 1. The van der Waals surface area contributed by atoms with Crippen LogP contribution >= 0.6 is 15.9 Å².